The number of nitrogens with zero attached hydrogens (tertiary/aromatic N) is 4. The van der Waals surface area contributed by atoms with E-state index in [1.54, 1.807) is 18.1 Å². The van der Waals surface area contributed by atoms with E-state index in [1.807, 2.05) is 44.2 Å². The highest BCUT2D eigenvalue weighted by molar-refractivity contribution is 6.02. The molecule has 2 saturated heterocycles. The van der Waals surface area contributed by atoms with Gasteiger partial charge in [0.1, 0.15) is 17.4 Å². The minimum absolute atomic E-state index is 0.178. The van der Waals surface area contributed by atoms with Crippen molar-refractivity contribution in [2.75, 3.05) is 46.4 Å². The number of nitriles is 1. The van der Waals surface area contributed by atoms with Crippen LogP contribution in [0.3, 0.4) is 0 Å². The number of methoxy groups -OCH3 is 1. The van der Waals surface area contributed by atoms with Gasteiger partial charge in [-0.1, -0.05) is 0 Å². The molecule has 2 aromatic rings. The van der Waals surface area contributed by atoms with Crippen LogP contribution < -0.4 is 4.74 Å². The van der Waals surface area contributed by atoms with E-state index in [2.05, 4.69) is 15.5 Å². The van der Waals surface area contributed by atoms with Crippen molar-refractivity contribution in [3.05, 3.63) is 52.9 Å². The number of benzene rings is 1. The molecule has 1 amide bonds. The Morgan fingerprint density at radius 3 is 2.55 bits per heavy atom. The zero-order valence-electron chi connectivity index (χ0n) is 19.7. The summed E-state index contributed by atoms with van der Waals surface area (Å²) < 4.78 is 13.1. The molecule has 1 unspecified atom stereocenters. The lowest BCUT2D eigenvalue weighted by Crippen LogP contribution is -2.50. The number of carbonyl (C=O) groups excluding carboxylic acids is 1. The van der Waals surface area contributed by atoms with Crippen LogP contribution in [0.2, 0.25) is 0 Å². The van der Waals surface area contributed by atoms with Crippen molar-refractivity contribution in [1.29, 1.82) is 5.26 Å². The van der Waals surface area contributed by atoms with Gasteiger partial charge in [-0.05, 0) is 68.7 Å². The van der Waals surface area contributed by atoms with Gasteiger partial charge in [0, 0.05) is 56.4 Å². The largest absolute Gasteiger partial charge is 0.497 e. The number of aromatic nitrogens is 1. The molecule has 33 heavy (non-hydrogen) atoms. The second-order valence-corrected chi connectivity index (χ2v) is 8.76. The van der Waals surface area contributed by atoms with Gasteiger partial charge in [0.25, 0.3) is 5.91 Å². The number of carbonyl (C=O) groups is 1. The maximum atomic E-state index is 13.1. The smallest absolute Gasteiger partial charge is 0.264 e. The molecular weight excluding hydrogens is 416 g/mol. The molecule has 0 aliphatic carbocycles. The summed E-state index contributed by atoms with van der Waals surface area (Å²) in [6.07, 6.45) is 4.31. The Hall–Kier alpha value is -3.08. The molecule has 0 saturated carbocycles. The Balaban J connectivity index is 1.46. The summed E-state index contributed by atoms with van der Waals surface area (Å²) in [5.41, 5.74) is 4.09. The molecule has 0 bridgehead atoms. The molecule has 1 aromatic carbocycles. The molecule has 1 atom stereocenters. The van der Waals surface area contributed by atoms with E-state index in [0.717, 1.165) is 67.5 Å². The summed E-state index contributed by atoms with van der Waals surface area (Å²) in [5.74, 6) is 0.609. The molecular formula is C26H32N4O3. The van der Waals surface area contributed by atoms with E-state index in [4.69, 9.17) is 9.47 Å². The topological polar surface area (TPSA) is 70.7 Å². The average Bonchev–Trinajstić information content (AvgIpc) is 3.44. The van der Waals surface area contributed by atoms with E-state index in [9.17, 15) is 10.1 Å². The molecule has 1 aromatic heterocycles. The number of hydrogen-bond donors (Lipinski definition) is 0. The fraction of sp³-hybridized carbons (Fsp3) is 0.462. The fourth-order valence-electron chi connectivity index (χ4n) is 4.74. The third-order valence-corrected chi connectivity index (χ3v) is 6.60. The predicted octanol–water partition coefficient (Wildman–Crippen LogP) is 3.33. The first-order valence-corrected chi connectivity index (χ1v) is 11.6. The summed E-state index contributed by atoms with van der Waals surface area (Å²) in [4.78, 5) is 17.3. The first-order valence-electron chi connectivity index (χ1n) is 11.6. The van der Waals surface area contributed by atoms with Gasteiger partial charge in [-0.3, -0.25) is 9.69 Å². The molecule has 174 valence electrons. The zero-order valence-corrected chi connectivity index (χ0v) is 19.7. The van der Waals surface area contributed by atoms with Crippen molar-refractivity contribution >= 4 is 12.0 Å². The van der Waals surface area contributed by atoms with Crippen LogP contribution >= 0.6 is 0 Å². The van der Waals surface area contributed by atoms with E-state index < -0.39 is 0 Å². The Morgan fingerprint density at radius 2 is 1.94 bits per heavy atom. The van der Waals surface area contributed by atoms with Crippen molar-refractivity contribution in [1.82, 2.24) is 14.4 Å². The van der Waals surface area contributed by atoms with Gasteiger partial charge in [-0.15, -0.1) is 0 Å². The molecule has 2 aliphatic heterocycles. The average molecular weight is 449 g/mol. The van der Waals surface area contributed by atoms with Crippen LogP contribution in [0.5, 0.6) is 5.75 Å². The number of aryl methyl sites for hydroxylation is 1. The van der Waals surface area contributed by atoms with Gasteiger partial charge in [-0.25, -0.2) is 0 Å². The number of hydrogen-bond acceptors (Lipinski definition) is 5. The van der Waals surface area contributed by atoms with Gasteiger partial charge in [0.2, 0.25) is 0 Å². The number of ether oxygens (including phenoxy) is 2. The van der Waals surface area contributed by atoms with Crippen LogP contribution in [0.4, 0.5) is 0 Å². The van der Waals surface area contributed by atoms with Crippen LogP contribution in [0.25, 0.3) is 11.8 Å². The van der Waals surface area contributed by atoms with Gasteiger partial charge < -0.3 is 18.9 Å². The number of rotatable bonds is 6. The summed E-state index contributed by atoms with van der Waals surface area (Å²) in [6, 6.07) is 12.0. The molecule has 7 nitrogen and oxygen atoms in total. The minimum atomic E-state index is -0.191. The Bertz CT molecular complexity index is 1050. The van der Waals surface area contributed by atoms with Crippen molar-refractivity contribution in [3.63, 3.8) is 0 Å². The lowest BCUT2D eigenvalue weighted by molar-refractivity contribution is -0.128. The minimum Gasteiger partial charge on any atom is -0.497 e. The third kappa shape index (κ3) is 5.13. The van der Waals surface area contributed by atoms with E-state index >= 15 is 0 Å². The summed E-state index contributed by atoms with van der Waals surface area (Å²) in [5, 5.41) is 9.76. The zero-order chi connectivity index (χ0) is 23.4. The monoisotopic (exact) mass is 448 g/mol. The van der Waals surface area contributed by atoms with Gasteiger partial charge >= 0.3 is 0 Å². The third-order valence-electron chi connectivity index (χ3n) is 6.60. The van der Waals surface area contributed by atoms with Gasteiger partial charge in [0.15, 0.2) is 0 Å². The molecule has 7 heteroatoms. The predicted molar refractivity (Wildman–Crippen MR) is 127 cm³/mol. The van der Waals surface area contributed by atoms with Crippen LogP contribution in [-0.4, -0.2) is 72.8 Å². The standard InChI is InChI=1S/C26H32N4O3/c1-19-15-21(20(2)30(19)23-6-8-24(32-3)9-7-23)16-22(17-27)26(31)29-12-10-28(11-13-29)18-25-5-4-14-33-25/h6-9,15-16,25H,4-5,10-14,18H2,1-3H3. The van der Waals surface area contributed by atoms with Crippen LogP contribution in [0.15, 0.2) is 35.9 Å². The van der Waals surface area contributed by atoms with Crippen molar-refractivity contribution in [2.24, 2.45) is 0 Å². The number of amides is 1. The van der Waals surface area contributed by atoms with Crippen LogP contribution in [0.1, 0.15) is 29.8 Å². The van der Waals surface area contributed by atoms with Crippen molar-refractivity contribution in [2.45, 2.75) is 32.8 Å². The first-order chi connectivity index (χ1) is 16.0. The van der Waals surface area contributed by atoms with Crippen molar-refractivity contribution < 1.29 is 14.3 Å². The summed E-state index contributed by atoms with van der Waals surface area (Å²) in [7, 11) is 1.65. The molecule has 0 radical (unpaired) electrons. The molecule has 2 fully saturated rings. The second-order valence-electron chi connectivity index (χ2n) is 8.76. The first kappa shape index (κ1) is 23.1. The SMILES string of the molecule is COc1ccc(-n2c(C)cc(C=C(C#N)C(=O)N3CCN(CC4CCCO4)CC3)c2C)cc1. The summed E-state index contributed by atoms with van der Waals surface area (Å²) >= 11 is 0. The summed E-state index contributed by atoms with van der Waals surface area (Å²) in [6.45, 7) is 8.72. The quantitative estimate of drug-likeness (QED) is 0.501. The Labute approximate surface area is 195 Å². The highest BCUT2D eigenvalue weighted by Crippen LogP contribution is 2.25. The van der Waals surface area contributed by atoms with E-state index in [1.165, 1.54) is 0 Å². The van der Waals surface area contributed by atoms with E-state index in [-0.39, 0.29) is 11.5 Å². The van der Waals surface area contributed by atoms with Gasteiger partial charge in [0.05, 0.1) is 13.2 Å². The maximum Gasteiger partial charge on any atom is 0.264 e. The normalized spacial score (nSPS) is 19.5. The molecule has 0 spiro atoms. The molecule has 4 rings (SSSR count). The highest BCUT2D eigenvalue weighted by atomic mass is 16.5. The number of piperazine rings is 1. The lowest BCUT2D eigenvalue weighted by atomic mass is 10.1. The van der Waals surface area contributed by atoms with Crippen LogP contribution in [-0.2, 0) is 9.53 Å². The highest BCUT2D eigenvalue weighted by Gasteiger charge is 2.26. The maximum absolute atomic E-state index is 13.1. The van der Waals surface area contributed by atoms with Gasteiger partial charge in [-0.2, -0.15) is 5.26 Å². The fourth-order valence-corrected chi connectivity index (χ4v) is 4.74. The molecule has 3 heterocycles. The van der Waals surface area contributed by atoms with E-state index in [0.29, 0.717) is 19.2 Å². The Morgan fingerprint density at radius 1 is 1.21 bits per heavy atom. The Kier molecular flexibility index (Phi) is 7.17. The van der Waals surface area contributed by atoms with Crippen LogP contribution in [0, 0.1) is 25.2 Å². The molecule has 0 N–H and O–H groups in total. The molecule has 2 aliphatic rings. The van der Waals surface area contributed by atoms with Crippen molar-refractivity contribution in [3.8, 4) is 17.5 Å². The lowest BCUT2D eigenvalue weighted by Gasteiger charge is -2.35. The second kappa shape index (κ2) is 10.2.